The van der Waals surface area contributed by atoms with Gasteiger partial charge >= 0.3 is 0 Å². The fraction of sp³-hybridized carbons (Fsp3) is 0.188. The first kappa shape index (κ1) is 14.2. The van der Waals surface area contributed by atoms with Crippen LogP contribution in [-0.4, -0.2) is 38.0 Å². The van der Waals surface area contributed by atoms with Crippen molar-refractivity contribution < 1.29 is 5.11 Å². The molecule has 0 atom stereocenters. The number of aryl methyl sites for hydroxylation is 1. The first-order valence-corrected chi connectivity index (χ1v) is 7.06. The van der Waals surface area contributed by atoms with E-state index < -0.39 is 0 Å². The highest BCUT2D eigenvalue weighted by molar-refractivity contribution is 5.58. The first-order chi connectivity index (χ1) is 10.8. The van der Waals surface area contributed by atoms with Gasteiger partial charge in [-0.25, -0.2) is 14.6 Å². The highest BCUT2D eigenvalue weighted by Crippen LogP contribution is 2.19. The van der Waals surface area contributed by atoms with E-state index >= 15 is 0 Å². The van der Waals surface area contributed by atoms with E-state index in [0.29, 0.717) is 12.5 Å². The summed E-state index contributed by atoms with van der Waals surface area (Å²) in [5.74, 6) is 0.495. The van der Waals surface area contributed by atoms with Crippen molar-refractivity contribution in [1.29, 1.82) is 0 Å². The van der Waals surface area contributed by atoms with Gasteiger partial charge in [0, 0.05) is 24.5 Å². The predicted octanol–water partition coefficient (Wildman–Crippen LogP) is 2.04. The fourth-order valence-corrected chi connectivity index (χ4v) is 2.14. The summed E-state index contributed by atoms with van der Waals surface area (Å²) >= 11 is 0. The van der Waals surface area contributed by atoms with Crippen molar-refractivity contribution in [2.45, 2.75) is 6.92 Å². The molecule has 22 heavy (non-hydrogen) atoms. The SMILES string of the molecule is Cc1cccc(-n2cc(-c3ccnc(NCCO)n3)cn2)c1. The average Bonchev–Trinajstić information content (AvgIpc) is 3.03. The molecule has 3 rings (SSSR count). The van der Waals surface area contributed by atoms with Gasteiger partial charge in [-0.1, -0.05) is 12.1 Å². The second kappa shape index (κ2) is 6.36. The monoisotopic (exact) mass is 295 g/mol. The molecule has 0 aliphatic carbocycles. The van der Waals surface area contributed by atoms with Crippen molar-refractivity contribution in [3.63, 3.8) is 0 Å². The number of nitrogens with zero attached hydrogens (tertiary/aromatic N) is 4. The quantitative estimate of drug-likeness (QED) is 0.753. The van der Waals surface area contributed by atoms with Crippen LogP contribution in [0, 0.1) is 6.92 Å². The van der Waals surface area contributed by atoms with Crippen LogP contribution in [0.25, 0.3) is 16.9 Å². The van der Waals surface area contributed by atoms with E-state index in [2.05, 4.69) is 39.4 Å². The van der Waals surface area contributed by atoms with Crippen molar-refractivity contribution >= 4 is 5.95 Å². The van der Waals surface area contributed by atoms with Gasteiger partial charge in [-0.2, -0.15) is 5.10 Å². The summed E-state index contributed by atoms with van der Waals surface area (Å²) in [5.41, 5.74) is 3.90. The molecule has 2 heterocycles. The standard InChI is InChI=1S/C16H17N5O/c1-12-3-2-4-14(9-12)21-11-13(10-19-21)15-5-6-17-16(20-15)18-7-8-22/h2-6,9-11,22H,7-8H2,1H3,(H,17,18,20). The number of rotatable bonds is 5. The molecule has 0 unspecified atom stereocenters. The normalized spacial score (nSPS) is 10.6. The minimum Gasteiger partial charge on any atom is -0.395 e. The van der Waals surface area contributed by atoms with Crippen LogP contribution in [0.5, 0.6) is 0 Å². The molecule has 0 amide bonds. The lowest BCUT2D eigenvalue weighted by Crippen LogP contribution is -2.08. The maximum Gasteiger partial charge on any atom is 0.223 e. The number of aliphatic hydroxyl groups is 1. The predicted molar refractivity (Wildman–Crippen MR) is 84.9 cm³/mol. The Bertz CT molecular complexity index is 768. The first-order valence-electron chi connectivity index (χ1n) is 7.06. The Hall–Kier alpha value is -2.73. The Kier molecular flexibility index (Phi) is 4.11. The number of aromatic nitrogens is 4. The largest absolute Gasteiger partial charge is 0.395 e. The Morgan fingerprint density at radius 1 is 1.27 bits per heavy atom. The van der Waals surface area contributed by atoms with Gasteiger partial charge in [0.15, 0.2) is 0 Å². The molecule has 2 aromatic heterocycles. The van der Waals surface area contributed by atoms with Gasteiger partial charge in [-0.15, -0.1) is 0 Å². The number of aliphatic hydroxyl groups excluding tert-OH is 1. The fourth-order valence-electron chi connectivity index (χ4n) is 2.14. The van der Waals surface area contributed by atoms with Gasteiger partial charge in [0.2, 0.25) is 5.95 Å². The smallest absolute Gasteiger partial charge is 0.223 e. The van der Waals surface area contributed by atoms with E-state index in [1.165, 1.54) is 5.56 Å². The lowest BCUT2D eigenvalue weighted by atomic mass is 10.2. The zero-order valence-electron chi connectivity index (χ0n) is 12.3. The molecule has 0 aliphatic rings. The second-order valence-corrected chi connectivity index (χ2v) is 4.93. The summed E-state index contributed by atoms with van der Waals surface area (Å²) in [6.45, 7) is 2.52. The molecule has 0 saturated carbocycles. The van der Waals surface area contributed by atoms with Crippen molar-refractivity contribution in [2.24, 2.45) is 0 Å². The molecule has 6 nitrogen and oxygen atoms in total. The van der Waals surface area contributed by atoms with Gasteiger partial charge in [0.1, 0.15) is 0 Å². The van der Waals surface area contributed by atoms with E-state index in [4.69, 9.17) is 5.11 Å². The molecule has 0 fully saturated rings. The van der Waals surface area contributed by atoms with Gasteiger partial charge in [-0.3, -0.25) is 0 Å². The minimum absolute atomic E-state index is 0.0406. The number of hydrogen-bond donors (Lipinski definition) is 2. The molecule has 3 aromatic rings. The highest BCUT2D eigenvalue weighted by Gasteiger charge is 2.06. The average molecular weight is 295 g/mol. The van der Waals surface area contributed by atoms with Crippen LogP contribution in [0.3, 0.4) is 0 Å². The molecule has 0 saturated heterocycles. The Morgan fingerprint density at radius 3 is 3.00 bits per heavy atom. The second-order valence-electron chi connectivity index (χ2n) is 4.93. The summed E-state index contributed by atoms with van der Waals surface area (Å²) in [5, 5.41) is 16.2. The number of hydrogen-bond acceptors (Lipinski definition) is 5. The summed E-state index contributed by atoms with van der Waals surface area (Å²) in [6, 6.07) is 9.98. The molecule has 112 valence electrons. The molecular weight excluding hydrogens is 278 g/mol. The number of nitrogens with one attached hydrogen (secondary N) is 1. The maximum atomic E-state index is 8.83. The van der Waals surface area contributed by atoms with Gasteiger partial charge < -0.3 is 10.4 Å². The molecule has 2 N–H and O–H groups in total. The van der Waals surface area contributed by atoms with Crippen molar-refractivity contribution in [1.82, 2.24) is 19.7 Å². The highest BCUT2D eigenvalue weighted by atomic mass is 16.3. The minimum atomic E-state index is 0.0406. The zero-order chi connectivity index (χ0) is 15.4. The van der Waals surface area contributed by atoms with Crippen LogP contribution in [0.1, 0.15) is 5.56 Å². The van der Waals surface area contributed by atoms with Crippen molar-refractivity contribution in [2.75, 3.05) is 18.5 Å². The molecular formula is C16H17N5O. The van der Waals surface area contributed by atoms with Crippen LogP contribution >= 0.6 is 0 Å². The third-order valence-corrected chi connectivity index (χ3v) is 3.20. The molecule has 6 heteroatoms. The lowest BCUT2D eigenvalue weighted by Gasteiger charge is -2.04. The van der Waals surface area contributed by atoms with E-state index in [1.54, 1.807) is 12.4 Å². The third-order valence-electron chi connectivity index (χ3n) is 3.20. The van der Waals surface area contributed by atoms with Crippen molar-refractivity contribution in [3.05, 3.63) is 54.5 Å². The van der Waals surface area contributed by atoms with E-state index in [0.717, 1.165) is 16.9 Å². The van der Waals surface area contributed by atoms with Crippen LogP contribution < -0.4 is 5.32 Å². The van der Waals surface area contributed by atoms with Crippen LogP contribution in [0.15, 0.2) is 48.9 Å². The van der Waals surface area contributed by atoms with Gasteiger partial charge in [0.25, 0.3) is 0 Å². The molecule has 1 aromatic carbocycles. The molecule has 0 aliphatic heterocycles. The topological polar surface area (TPSA) is 75.9 Å². The van der Waals surface area contributed by atoms with E-state index in [9.17, 15) is 0 Å². The van der Waals surface area contributed by atoms with Crippen LogP contribution in [0.4, 0.5) is 5.95 Å². The maximum absolute atomic E-state index is 8.83. The lowest BCUT2D eigenvalue weighted by molar-refractivity contribution is 0.311. The summed E-state index contributed by atoms with van der Waals surface area (Å²) in [7, 11) is 0. The molecule has 0 bridgehead atoms. The summed E-state index contributed by atoms with van der Waals surface area (Å²) in [4.78, 5) is 8.54. The molecule has 0 spiro atoms. The van der Waals surface area contributed by atoms with Crippen LogP contribution in [0.2, 0.25) is 0 Å². The van der Waals surface area contributed by atoms with Crippen LogP contribution in [-0.2, 0) is 0 Å². The van der Waals surface area contributed by atoms with Crippen molar-refractivity contribution in [3.8, 4) is 16.9 Å². The summed E-state index contributed by atoms with van der Waals surface area (Å²) in [6.07, 6.45) is 5.40. The summed E-state index contributed by atoms with van der Waals surface area (Å²) < 4.78 is 1.82. The zero-order valence-corrected chi connectivity index (χ0v) is 12.3. The third kappa shape index (κ3) is 3.12. The number of anilines is 1. The Balaban J connectivity index is 1.87. The van der Waals surface area contributed by atoms with Gasteiger partial charge in [-0.05, 0) is 30.7 Å². The Morgan fingerprint density at radius 2 is 2.18 bits per heavy atom. The van der Waals surface area contributed by atoms with E-state index in [1.807, 2.05) is 29.1 Å². The number of benzene rings is 1. The van der Waals surface area contributed by atoms with Gasteiger partial charge in [0.05, 0.1) is 24.2 Å². The van der Waals surface area contributed by atoms with E-state index in [-0.39, 0.29) is 6.61 Å². The molecule has 0 radical (unpaired) electrons. The Labute approximate surface area is 128 Å².